The van der Waals surface area contributed by atoms with Crippen molar-refractivity contribution in [2.75, 3.05) is 0 Å². The maximum atomic E-state index is 12.9. The highest BCUT2D eigenvalue weighted by Crippen LogP contribution is 2.36. The second-order valence-corrected chi connectivity index (χ2v) is 9.76. The molecule has 1 unspecified atom stereocenters. The van der Waals surface area contributed by atoms with E-state index in [0.29, 0.717) is 29.0 Å². The Kier molecular flexibility index (Phi) is 6.52. The highest BCUT2D eigenvalue weighted by Gasteiger charge is 2.30. The number of halogens is 3. The number of hydrogen-bond donors (Lipinski definition) is 0. The van der Waals surface area contributed by atoms with Gasteiger partial charge in [0.25, 0.3) is 0 Å². The molecule has 0 saturated carbocycles. The SMILES string of the molecule is CC(C)c1nc(-c2ccc(C(F)(F)F)cc2)sc1CCC(=O)c1ccc2c(c1)C(C=O)CC2. The smallest absolute Gasteiger partial charge is 0.303 e. The molecule has 0 amide bonds. The summed E-state index contributed by atoms with van der Waals surface area (Å²) in [4.78, 5) is 29.8. The van der Waals surface area contributed by atoms with Crippen molar-refractivity contribution in [2.45, 2.75) is 57.5 Å². The Morgan fingerprint density at radius 1 is 1.18 bits per heavy atom. The normalized spacial score (nSPS) is 15.6. The molecular weight excluding hydrogens is 447 g/mol. The van der Waals surface area contributed by atoms with Crippen LogP contribution in [0.2, 0.25) is 0 Å². The van der Waals surface area contributed by atoms with Gasteiger partial charge >= 0.3 is 6.18 Å². The van der Waals surface area contributed by atoms with E-state index in [-0.39, 0.29) is 17.6 Å². The van der Waals surface area contributed by atoms with Gasteiger partial charge in [0, 0.05) is 28.3 Å². The molecule has 0 N–H and O–H groups in total. The third kappa shape index (κ3) is 4.93. The predicted molar refractivity (Wildman–Crippen MR) is 123 cm³/mol. The second kappa shape index (κ2) is 9.21. The minimum Gasteiger partial charge on any atom is -0.303 e. The van der Waals surface area contributed by atoms with Gasteiger partial charge in [-0.1, -0.05) is 38.1 Å². The number of fused-ring (bicyclic) bond motifs is 1. The molecule has 0 aliphatic heterocycles. The van der Waals surface area contributed by atoms with Crippen molar-refractivity contribution in [3.63, 3.8) is 0 Å². The molecule has 0 radical (unpaired) electrons. The van der Waals surface area contributed by atoms with Crippen LogP contribution in [0.1, 0.15) is 76.1 Å². The number of rotatable bonds is 7. The summed E-state index contributed by atoms with van der Waals surface area (Å²) < 4.78 is 38.6. The van der Waals surface area contributed by atoms with E-state index in [0.717, 1.165) is 53.0 Å². The molecule has 0 spiro atoms. The zero-order valence-corrected chi connectivity index (χ0v) is 19.2. The van der Waals surface area contributed by atoms with E-state index in [1.54, 1.807) is 0 Å². The van der Waals surface area contributed by atoms with Gasteiger partial charge in [-0.25, -0.2) is 4.98 Å². The molecule has 1 atom stereocenters. The van der Waals surface area contributed by atoms with Gasteiger partial charge in [0.05, 0.1) is 11.3 Å². The van der Waals surface area contributed by atoms with Crippen LogP contribution in [0.4, 0.5) is 13.2 Å². The number of aryl methyl sites for hydroxylation is 2. The Morgan fingerprint density at radius 3 is 2.55 bits per heavy atom. The first-order valence-corrected chi connectivity index (χ1v) is 11.8. The molecule has 1 aliphatic carbocycles. The van der Waals surface area contributed by atoms with Gasteiger partial charge in [-0.3, -0.25) is 4.79 Å². The molecule has 0 saturated heterocycles. The summed E-state index contributed by atoms with van der Waals surface area (Å²) in [6.45, 7) is 4.02. The van der Waals surface area contributed by atoms with Crippen LogP contribution in [0, 0.1) is 0 Å². The zero-order valence-electron chi connectivity index (χ0n) is 18.4. The third-order valence-corrected chi connectivity index (χ3v) is 7.25. The van der Waals surface area contributed by atoms with Crippen LogP contribution in [0.3, 0.4) is 0 Å². The van der Waals surface area contributed by atoms with Gasteiger partial charge in [-0.15, -0.1) is 11.3 Å². The molecule has 3 aromatic rings. The zero-order chi connectivity index (χ0) is 23.8. The lowest BCUT2D eigenvalue weighted by atomic mass is 9.97. The summed E-state index contributed by atoms with van der Waals surface area (Å²) in [5.74, 6) is 0.00418. The van der Waals surface area contributed by atoms with Gasteiger partial charge in [0.15, 0.2) is 5.78 Å². The number of ketones is 1. The van der Waals surface area contributed by atoms with E-state index in [1.165, 1.54) is 23.5 Å². The topological polar surface area (TPSA) is 47.0 Å². The monoisotopic (exact) mass is 471 g/mol. The van der Waals surface area contributed by atoms with E-state index in [1.807, 2.05) is 32.0 Å². The number of Topliss-reactive ketones (excluding diaryl/α,β-unsaturated/α-hetero) is 1. The highest BCUT2D eigenvalue weighted by molar-refractivity contribution is 7.15. The predicted octanol–water partition coefficient (Wildman–Crippen LogP) is 7.00. The Labute approximate surface area is 194 Å². The van der Waals surface area contributed by atoms with Gasteiger partial charge in [-0.2, -0.15) is 13.2 Å². The van der Waals surface area contributed by atoms with Gasteiger partial charge < -0.3 is 4.79 Å². The third-order valence-electron chi connectivity index (χ3n) is 6.07. The van der Waals surface area contributed by atoms with Crippen molar-refractivity contribution >= 4 is 23.4 Å². The minimum atomic E-state index is -4.38. The fraction of sp³-hybridized carbons (Fsp3) is 0.346. The molecule has 172 valence electrons. The molecule has 0 bridgehead atoms. The number of carbonyl (C=O) groups excluding carboxylic acids is 2. The molecule has 4 rings (SSSR count). The van der Waals surface area contributed by atoms with Crippen LogP contribution in [-0.2, 0) is 23.8 Å². The first-order chi connectivity index (χ1) is 15.7. The summed E-state index contributed by atoms with van der Waals surface area (Å²) in [5.41, 5.74) is 3.52. The largest absolute Gasteiger partial charge is 0.416 e. The average Bonchev–Trinajstić information content (AvgIpc) is 3.40. The number of nitrogens with zero attached hydrogens (tertiary/aromatic N) is 1. The standard InChI is InChI=1S/C26H24F3NO2S/c1-15(2)24-23(33-25(30-24)17-7-9-20(10-8-17)26(27,28)29)12-11-22(32)18-5-3-16-4-6-19(14-31)21(16)13-18/h3,5,7-10,13-15,19H,4,6,11-12H2,1-2H3. The average molecular weight is 472 g/mol. The summed E-state index contributed by atoms with van der Waals surface area (Å²) in [5, 5.41) is 0.654. The lowest BCUT2D eigenvalue weighted by Crippen LogP contribution is -2.04. The Balaban J connectivity index is 1.52. The summed E-state index contributed by atoms with van der Waals surface area (Å²) in [6.07, 6.45) is -0.952. The molecule has 7 heteroatoms. The first kappa shape index (κ1) is 23.4. The van der Waals surface area contributed by atoms with Crippen molar-refractivity contribution < 1.29 is 22.8 Å². The fourth-order valence-corrected chi connectivity index (χ4v) is 5.46. The number of aromatic nitrogens is 1. The van der Waals surface area contributed by atoms with Crippen LogP contribution in [0.5, 0.6) is 0 Å². The lowest BCUT2D eigenvalue weighted by molar-refractivity contribution is -0.137. The van der Waals surface area contributed by atoms with E-state index >= 15 is 0 Å². The van der Waals surface area contributed by atoms with Crippen molar-refractivity contribution in [2.24, 2.45) is 0 Å². The number of thiazole rings is 1. The molecule has 1 aromatic heterocycles. The van der Waals surface area contributed by atoms with Crippen LogP contribution < -0.4 is 0 Å². The number of carbonyl (C=O) groups is 2. The Hall–Kier alpha value is -2.80. The summed E-state index contributed by atoms with van der Waals surface area (Å²) in [7, 11) is 0. The van der Waals surface area contributed by atoms with Crippen molar-refractivity contribution in [3.05, 3.63) is 75.3 Å². The number of hydrogen-bond acceptors (Lipinski definition) is 4. The van der Waals surface area contributed by atoms with Crippen LogP contribution >= 0.6 is 11.3 Å². The van der Waals surface area contributed by atoms with E-state index in [2.05, 4.69) is 4.98 Å². The van der Waals surface area contributed by atoms with Gasteiger partial charge in [0.1, 0.15) is 11.3 Å². The number of aldehydes is 1. The van der Waals surface area contributed by atoms with E-state index < -0.39 is 11.7 Å². The van der Waals surface area contributed by atoms with Crippen LogP contribution in [0.25, 0.3) is 10.6 Å². The van der Waals surface area contributed by atoms with E-state index in [9.17, 15) is 22.8 Å². The molecule has 1 aliphatic rings. The number of benzene rings is 2. The molecule has 33 heavy (non-hydrogen) atoms. The molecule has 0 fully saturated rings. The minimum absolute atomic E-state index is 0.00790. The molecule has 2 aromatic carbocycles. The Morgan fingerprint density at radius 2 is 1.91 bits per heavy atom. The number of alkyl halides is 3. The lowest BCUT2D eigenvalue weighted by Gasteiger charge is -2.08. The molecule has 3 nitrogen and oxygen atoms in total. The summed E-state index contributed by atoms with van der Waals surface area (Å²) in [6, 6.07) is 10.6. The van der Waals surface area contributed by atoms with Crippen molar-refractivity contribution in [1.29, 1.82) is 0 Å². The van der Waals surface area contributed by atoms with E-state index in [4.69, 9.17) is 0 Å². The molecule has 1 heterocycles. The quantitative estimate of drug-likeness (QED) is 0.275. The van der Waals surface area contributed by atoms with Crippen LogP contribution in [-0.4, -0.2) is 17.1 Å². The maximum Gasteiger partial charge on any atom is 0.416 e. The second-order valence-electron chi connectivity index (χ2n) is 8.68. The molecular formula is C26H24F3NO2S. The first-order valence-electron chi connectivity index (χ1n) is 11.0. The fourth-order valence-electron chi connectivity index (χ4n) is 4.24. The Bertz CT molecular complexity index is 1180. The van der Waals surface area contributed by atoms with Crippen molar-refractivity contribution in [1.82, 2.24) is 4.98 Å². The van der Waals surface area contributed by atoms with Gasteiger partial charge in [0.2, 0.25) is 0 Å². The van der Waals surface area contributed by atoms with Crippen molar-refractivity contribution in [3.8, 4) is 10.6 Å². The maximum absolute atomic E-state index is 12.9. The summed E-state index contributed by atoms with van der Waals surface area (Å²) >= 11 is 1.42. The van der Waals surface area contributed by atoms with Gasteiger partial charge in [-0.05, 0) is 54.5 Å². The van der Waals surface area contributed by atoms with Crippen LogP contribution in [0.15, 0.2) is 42.5 Å². The highest BCUT2D eigenvalue weighted by atomic mass is 32.1.